The topological polar surface area (TPSA) is 6.48 Å². The number of likely N-dealkylation sites (tertiary alicyclic amines) is 1. The van der Waals surface area contributed by atoms with Gasteiger partial charge in [-0.3, -0.25) is 0 Å². The molecule has 0 radical (unpaired) electrons. The van der Waals surface area contributed by atoms with Gasteiger partial charge in [-0.25, -0.2) is 0 Å². The molecule has 1 heterocycles. The Balaban J connectivity index is 2.16. The zero-order valence-corrected chi connectivity index (χ0v) is 14.6. The molecule has 2 nitrogen and oxygen atoms in total. The van der Waals surface area contributed by atoms with Crippen LogP contribution >= 0.6 is 11.6 Å². The molecule has 1 saturated heterocycles. The van der Waals surface area contributed by atoms with Crippen molar-refractivity contribution in [2.24, 2.45) is 0 Å². The fourth-order valence-electron chi connectivity index (χ4n) is 3.45. The number of hydrogen-bond donors (Lipinski definition) is 0. The molecule has 1 fully saturated rings. The van der Waals surface area contributed by atoms with Gasteiger partial charge < -0.3 is 9.80 Å². The molecule has 1 aliphatic rings. The van der Waals surface area contributed by atoms with Crippen molar-refractivity contribution in [2.45, 2.75) is 37.4 Å². The van der Waals surface area contributed by atoms with Crippen LogP contribution in [0.25, 0.3) is 0 Å². The molecule has 130 valence electrons. The van der Waals surface area contributed by atoms with Crippen molar-refractivity contribution in [1.82, 2.24) is 9.80 Å². The molecule has 0 unspecified atom stereocenters. The highest BCUT2D eigenvalue weighted by atomic mass is 35.5. The van der Waals surface area contributed by atoms with E-state index < -0.39 is 11.7 Å². The van der Waals surface area contributed by atoms with Crippen LogP contribution < -0.4 is 0 Å². The number of nitrogens with zero attached hydrogens (tertiary/aromatic N) is 2. The summed E-state index contributed by atoms with van der Waals surface area (Å²) >= 11 is 5.69. The highest BCUT2D eigenvalue weighted by Gasteiger charge is 2.37. The fourth-order valence-corrected chi connectivity index (χ4v) is 3.68. The molecule has 0 aromatic heterocycles. The van der Waals surface area contributed by atoms with Crippen molar-refractivity contribution >= 4 is 11.6 Å². The maximum atomic E-state index is 13.0. The van der Waals surface area contributed by atoms with Crippen LogP contribution in [0.1, 0.15) is 30.4 Å². The number of hydrogen-bond acceptors (Lipinski definition) is 2. The first-order valence-corrected chi connectivity index (χ1v) is 8.23. The molecule has 1 aromatic rings. The Bertz CT molecular complexity index is 545. The zero-order chi connectivity index (χ0) is 17.3. The number of rotatable bonds is 4. The fraction of sp³-hybridized carbons (Fsp3) is 0.647. The van der Waals surface area contributed by atoms with E-state index >= 15 is 0 Å². The minimum atomic E-state index is -4.41. The van der Waals surface area contributed by atoms with E-state index in [2.05, 4.69) is 30.9 Å². The second-order valence-electron chi connectivity index (χ2n) is 6.77. The first-order chi connectivity index (χ1) is 10.6. The smallest absolute Gasteiger partial charge is 0.305 e. The molecule has 0 bridgehead atoms. The third kappa shape index (κ3) is 4.40. The Hall–Kier alpha value is -0.780. The molecule has 0 saturated carbocycles. The summed E-state index contributed by atoms with van der Waals surface area (Å²) in [5.74, 6) is 0. The molecule has 1 aliphatic heterocycles. The zero-order valence-electron chi connectivity index (χ0n) is 13.9. The molecular weight excluding hydrogens is 325 g/mol. The van der Waals surface area contributed by atoms with E-state index in [1.807, 2.05) is 0 Å². The lowest BCUT2D eigenvalue weighted by atomic mass is 9.82. The third-order valence-electron chi connectivity index (χ3n) is 4.91. The number of alkyl halides is 3. The SMILES string of the molecule is CN1CCC[C@@](CCc2ccc(Cl)c(C(F)(F)F)c2)(N(C)C)C1. The van der Waals surface area contributed by atoms with Gasteiger partial charge in [-0.2, -0.15) is 13.2 Å². The van der Waals surface area contributed by atoms with E-state index in [0.717, 1.165) is 32.4 Å². The number of likely N-dealkylation sites (N-methyl/N-ethyl adjacent to an activating group) is 2. The molecule has 1 atom stereocenters. The summed E-state index contributed by atoms with van der Waals surface area (Å²) in [7, 11) is 6.21. The molecule has 0 spiro atoms. The van der Waals surface area contributed by atoms with E-state index in [1.165, 1.54) is 12.1 Å². The Labute approximate surface area is 141 Å². The molecular formula is C17H24ClF3N2. The van der Waals surface area contributed by atoms with Crippen molar-refractivity contribution in [3.05, 3.63) is 34.3 Å². The molecule has 1 aromatic carbocycles. The van der Waals surface area contributed by atoms with Gasteiger partial charge in [0.15, 0.2) is 0 Å². The molecule has 0 N–H and O–H groups in total. The Kier molecular flexibility index (Phi) is 5.64. The Morgan fingerprint density at radius 1 is 1.30 bits per heavy atom. The maximum absolute atomic E-state index is 13.0. The van der Waals surface area contributed by atoms with Crippen molar-refractivity contribution in [3.63, 3.8) is 0 Å². The second-order valence-corrected chi connectivity index (χ2v) is 7.18. The van der Waals surface area contributed by atoms with Crippen molar-refractivity contribution in [3.8, 4) is 0 Å². The van der Waals surface area contributed by atoms with E-state index in [0.29, 0.717) is 12.0 Å². The summed E-state index contributed by atoms with van der Waals surface area (Å²) in [6, 6.07) is 4.25. The van der Waals surface area contributed by atoms with Gasteiger partial charge >= 0.3 is 6.18 Å². The molecule has 2 rings (SSSR count). The van der Waals surface area contributed by atoms with Crippen molar-refractivity contribution < 1.29 is 13.2 Å². The standard InChI is InChI=1S/C17H24ClF3N2/c1-22(2)16(8-4-10-23(3)12-16)9-7-13-5-6-15(18)14(11-13)17(19,20)21/h5-6,11H,4,7-10,12H2,1-3H3/t16-/m0/s1. The average Bonchev–Trinajstić information content (AvgIpc) is 2.45. The number of piperidine rings is 1. The number of benzene rings is 1. The molecule has 0 amide bonds. The quantitative estimate of drug-likeness (QED) is 0.799. The van der Waals surface area contributed by atoms with Crippen molar-refractivity contribution in [2.75, 3.05) is 34.2 Å². The largest absolute Gasteiger partial charge is 0.417 e. The van der Waals surface area contributed by atoms with Gasteiger partial charge in [0.1, 0.15) is 0 Å². The predicted molar refractivity (Wildman–Crippen MR) is 87.9 cm³/mol. The summed E-state index contributed by atoms with van der Waals surface area (Å²) in [6.07, 6.45) is -0.764. The Morgan fingerprint density at radius 3 is 2.57 bits per heavy atom. The summed E-state index contributed by atoms with van der Waals surface area (Å²) in [5.41, 5.74) is -0.0297. The van der Waals surface area contributed by atoms with E-state index in [-0.39, 0.29) is 10.6 Å². The van der Waals surface area contributed by atoms with Crippen LogP contribution in [0.2, 0.25) is 5.02 Å². The molecule has 23 heavy (non-hydrogen) atoms. The number of halogens is 4. The van der Waals surface area contributed by atoms with Crippen LogP contribution in [-0.4, -0.2) is 49.6 Å². The van der Waals surface area contributed by atoms with Crippen LogP contribution in [0.5, 0.6) is 0 Å². The monoisotopic (exact) mass is 348 g/mol. The van der Waals surface area contributed by atoms with Crippen LogP contribution in [0.3, 0.4) is 0 Å². The lowest BCUT2D eigenvalue weighted by Gasteiger charge is -2.46. The van der Waals surface area contributed by atoms with E-state index in [1.54, 1.807) is 6.07 Å². The Morgan fingerprint density at radius 2 is 2.00 bits per heavy atom. The number of aryl methyl sites for hydroxylation is 1. The van der Waals surface area contributed by atoms with Gasteiger partial charge in [-0.1, -0.05) is 17.7 Å². The third-order valence-corrected chi connectivity index (χ3v) is 5.24. The summed E-state index contributed by atoms with van der Waals surface area (Å²) in [4.78, 5) is 4.52. The van der Waals surface area contributed by atoms with E-state index in [4.69, 9.17) is 11.6 Å². The minimum Gasteiger partial charge on any atom is -0.305 e. The van der Waals surface area contributed by atoms with E-state index in [9.17, 15) is 13.2 Å². The van der Waals surface area contributed by atoms with Crippen molar-refractivity contribution in [1.29, 1.82) is 0 Å². The van der Waals surface area contributed by atoms with Gasteiger partial charge in [-0.05, 0) is 71.1 Å². The minimum absolute atomic E-state index is 0.0189. The first kappa shape index (κ1) is 18.6. The maximum Gasteiger partial charge on any atom is 0.417 e. The summed E-state index contributed by atoms with van der Waals surface area (Å²) in [5, 5.41) is -0.235. The summed E-state index contributed by atoms with van der Waals surface area (Å²) < 4.78 is 38.9. The van der Waals surface area contributed by atoms with Gasteiger partial charge in [0.05, 0.1) is 10.6 Å². The van der Waals surface area contributed by atoms with Gasteiger partial charge in [-0.15, -0.1) is 0 Å². The predicted octanol–water partition coefficient (Wildman–Crippen LogP) is 4.32. The molecule has 6 heteroatoms. The van der Waals surface area contributed by atoms with Gasteiger partial charge in [0.2, 0.25) is 0 Å². The van der Waals surface area contributed by atoms with Gasteiger partial charge in [0, 0.05) is 12.1 Å². The van der Waals surface area contributed by atoms with Crippen LogP contribution in [0, 0.1) is 0 Å². The normalized spacial score (nSPS) is 23.5. The highest BCUT2D eigenvalue weighted by Crippen LogP contribution is 2.36. The first-order valence-electron chi connectivity index (χ1n) is 7.86. The van der Waals surface area contributed by atoms with Gasteiger partial charge in [0.25, 0.3) is 0 Å². The highest BCUT2D eigenvalue weighted by molar-refractivity contribution is 6.31. The average molecular weight is 349 g/mol. The molecule has 0 aliphatic carbocycles. The van der Waals surface area contributed by atoms with Crippen LogP contribution in [0.4, 0.5) is 13.2 Å². The summed E-state index contributed by atoms with van der Waals surface area (Å²) in [6.45, 7) is 2.02. The van der Waals surface area contributed by atoms with Crippen LogP contribution in [-0.2, 0) is 12.6 Å². The van der Waals surface area contributed by atoms with Crippen LogP contribution in [0.15, 0.2) is 18.2 Å². The second kappa shape index (κ2) is 6.99. The lowest BCUT2D eigenvalue weighted by Crippen LogP contribution is -2.55. The lowest BCUT2D eigenvalue weighted by molar-refractivity contribution is -0.137.